The first-order chi connectivity index (χ1) is 7.82. The summed E-state index contributed by atoms with van der Waals surface area (Å²) in [5, 5.41) is 8.98. The molecule has 17 heavy (non-hydrogen) atoms. The molecule has 1 N–H and O–H groups in total. The molecule has 0 radical (unpaired) electrons. The molecule has 0 amide bonds. The number of carboxylic acid groups (broad SMARTS) is 1. The van der Waals surface area contributed by atoms with Crippen LogP contribution in [0.5, 0.6) is 5.75 Å². The highest BCUT2D eigenvalue weighted by Crippen LogP contribution is 2.30. The van der Waals surface area contributed by atoms with E-state index < -0.39 is 15.8 Å². The quantitative estimate of drug-likeness (QED) is 0.881. The topological polar surface area (TPSA) is 80.7 Å². The van der Waals surface area contributed by atoms with Crippen LogP contribution in [0.25, 0.3) is 0 Å². The largest absolute Gasteiger partial charge is 0.496 e. The van der Waals surface area contributed by atoms with Crippen LogP contribution in [0, 0.1) is 0 Å². The fourth-order valence-corrected chi connectivity index (χ4v) is 2.69. The molecule has 0 saturated heterocycles. The van der Waals surface area contributed by atoms with E-state index in [1.165, 1.54) is 19.2 Å². The molecule has 1 aromatic carbocycles. The maximum atomic E-state index is 11.6. The molecule has 1 rings (SSSR count). The molecule has 0 aliphatic rings. The Balaban J connectivity index is 3.66. The number of ether oxygens (including phenoxy) is 1. The van der Waals surface area contributed by atoms with Gasteiger partial charge in [0.15, 0.2) is 9.84 Å². The van der Waals surface area contributed by atoms with E-state index in [9.17, 15) is 13.2 Å². The zero-order chi connectivity index (χ0) is 13.2. The number of carboxylic acids is 1. The zero-order valence-corrected chi connectivity index (χ0v) is 10.7. The van der Waals surface area contributed by atoms with E-state index in [-0.39, 0.29) is 16.2 Å². The summed E-state index contributed by atoms with van der Waals surface area (Å²) in [4.78, 5) is 11.1. The second-order valence-electron chi connectivity index (χ2n) is 3.55. The summed E-state index contributed by atoms with van der Waals surface area (Å²) in [5.74, 6) is -1.03. The van der Waals surface area contributed by atoms with Gasteiger partial charge in [-0.3, -0.25) is 0 Å². The molecule has 1 aromatic rings. The van der Waals surface area contributed by atoms with Crippen LogP contribution in [-0.2, 0) is 16.3 Å². The minimum Gasteiger partial charge on any atom is -0.496 e. The number of hydrogen-bond donors (Lipinski definition) is 1. The van der Waals surface area contributed by atoms with Gasteiger partial charge in [0.25, 0.3) is 0 Å². The second-order valence-corrected chi connectivity index (χ2v) is 5.54. The van der Waals surface area contributed by atoms with E-state index in [1.807, 2.05) is 0 Å². The molecule has 5 nitrogen and oxygen atoms in total. The lowest BCUT2D eigenvalue weighted by Gasteiger charge is -2.13. The molecule has 0 aliphatic heterocycles. The Kier molecular flexibility index (Phi) is 3.77. The molecule has 94 valence electrons. The van der Waals surface area contributed by atoms with Gasteiger partial charge in [-0.1, -0.05) is 6.92 Å². The van der Waals surface area contributed by atoms with Crippen LogP contribution in [0.2, 0.25) is 0 Å². The first-order valence-corrected chi connectivity index (χ1v) is 6.85. The summed E-state index contributed by atoms with van der Waals surface area (Å²) in [7, 11) is -2.07. The molecule has 6 heteroatoms. The number of carbonyl (C=O) groups is 1. The van der Waals surface area contributed by atoms with E-state index in [1.54, 1.807) is 6.92 Å². The van der Waals surface area contributed by atoms with E-state index in [4.69, 9.17) is 9.84 Å². The van der Waals surface area contributed by atoms with Gasteiger partial charge in [0.1, 0.15) is 11.3 Å². The summed E-state index contributed by atoms with van der Waals surface area (Å²) in [6.45, 7) is 1.75. The van der Waals surface area contributed by atoms with E-state index in [2.05, 4.69) is 0 Å². The summed E-state index contributed by atoms with van der Waals surface area (Å²) in [5.41, 5.74) is 0.367. The average Bonchev–Trinajstić information content (AvgIpc) is 2.25. The van der Waals surface area contributed by atoms with Crippen molar-refractivity contribution in [3.63, 3.8) is 0 Å². The van der Waals surface area contributed by atoms with Crippen LogP contribution in [-0.4, -0.2) is 32.9 Å². The minimum atomic E-state index is -3.39. The predicted octanol–water partition coefficient (Wildman–Crippen LogP) is 1.36. The van der Waals surface area contributed by atoms with Crippen molar-refractivity contribution >= 4 is 15.8 Å². The highest BCUT2D eigenvalue weighted by molar-refractivity contribution is 7.90. The molecule has 0 bridgehead atoms. The molecular formula is C11H14O5S. The monoisotopic (exact) mass is 258 g/mol. The Bertz CT molecular complexity index is 545. The molecule has 0 unspecified atom stereocenters. The average molecular weight is 258 g/mol. The molecule has 0 spiro atoms. The number of aromatic carboxylic acids is 1. The van der Waals surface area contributed by atoms with Crippen LogP contribution >= 0.6 is 0 Å². The SMILES string of the molecule is CCc1c(S(C)(=O)=O)ccc(C(=O)O)c1OC. The van der Waals surface area contributed by atoms with Crippen molar-refractivity contribution in [2.75, 3.05) is 13.4 Å². The van der Waals surface area contributed by atoms with Gasteiger partial charge >= 0.3 is 5.97 Å². The number of rotatable bonds is 4. The lowest BCUT2D eigenvalue weighted by atomic mass is 10.1. The number of hydrogen-bond acceptors (Lipinski definition) is 4. The molecule has 0 saturated carbocycles. The van der Waals surface area contributed by atoms with Crippen LogP contribution in [0.3, 0.4) is 0 Å². The van der Waals surface area contributed by atoms with Gasteiger partial charge in [-0.15, -0.1) is 0 Å². The van der Waals surface area contributed by atoms with Crippen LogP contribution in [0.15, 0.2) is 17.0 Å². The second kappa shape index (κ2) is 4.75. The summed E-state index contributed by atoms with van der Waals surface area (Å²) < 4.78 is 28.1. The van der Waals surface area contributed by atoms with Gasteiger partial charge in [-0.25, -0.2) is 13.2 Å². The van der Waals surface area contributed by atoms with Crippen LogP contribution < -0.4 is 4.74 Å². The minimum absolute atomic E-state index is 0.0308. The van der Waals surface area contributed by atoms with Gasteiger partial charge in [0.2, 0.25) is 0 Å². The predicted molar refractivity (Wildman–Crippen MR) is 62.4 cm³/mol. The Hall–Kier alpha value is -1.56. The van der Waals surface area contributed by atoms with Crippen molar-refractivity contribution in [3.05, 3.63) is 23.3 Å². The van der Waals surface area contributed by atoms with E-state index in [0.29, 0.717) is 12.0 Å². The van der Waals surface area contributed by atoms with Gasteiger partial charge < -0.3 is 9.84 Å². The Morgan fingerprint density at radius 2 is 2.00 bits per heavy atom. The third-order valence-corrected chi connectivity index (χ3v) is 3.59. The van der Waals surface area contributed by atoms with Crippen molar-refractivity contribution in [3.8, 4) is 5.75 Å². The van der Waals surface area contributed by atoms with Crippen molar-refractivity contribution in [2.45, 2.75) is 18.2 Å². The molecule has 0 heterocycles. The van der Waals surface area contributed by atoms with E-state index in [0.717, 1.165) is 6.26 Å². The maximum absolute atomic E-state index is 11.6. The number of benzene rings is 1. The van der Waals surface area contributed by atoms with Crippen molar-refractivity contribution in [1.29, 1.82) is 0 Å². The van der Waals surface area contributed by atoms with Crippen molar-refractivity contribution in [1.82, 2.24) is 0 Å². The van der Waals surface area contributed by atoms with Gasteiger partial charge in [-0.05, 0) is 18.6 Å². The lowest BCUT2D eigenvalue weighted by Crippen LogP contribution is -2.08. The fraction of sp³-hybridized carbons (Fsp3) is 0.364. The van der Waals surface area contributed by atoms with Crippen molar-refractivity contribution < 1.29 is 23.1 Å². The molecule has 0 fully saturated rings. The molecular weight excluding hydrogens is 244 g/mol. The first kappa shape index (κ1) is 13.5. The normalized spacial score (nSPS) is 11.2. The first-order valence-electron chi connectivity index (χ1n) is 4.96. The fourth-order valence-electron chi connectivity index (χ4n) is 1.69. The van der Waals surface area contributed by atoms with Gasteiger partial charge in [0.05, 0.1) is 12.0 Å². The van der Waals surface area contributed by atoms with Gasteiger partial charge in [-0.2, -0.15) is 0 Å². The lowest BCUT2D eigenvalue weighted by molar-refractivity contribution is 0.0693. The van der Waals surface area contributed by atoms with E-state index >= 15 is 0 Å². The van der Waals surface area contributed by atoms with Crippen molar-refractivity contribution in [2.24, 2.45) is 0 Å². The third kappa shape index (κ3) is 2.58. The summed E-state index contributed by atoms with van der Waals surface area (Å²) in [6.07, 6.45) is 1.47. The number of methoxy groups -OCH3 is 1. The Labute approximate surface area is 100.0 Å². The Morgan fingerprint density at radius 1 is 1.41 bits per heavy atom. The highest BCUT2D eigenvalue weighted by Gasteiger charge is 2.21. The Morgan fingerprint density at radius 3 is 2.35 bits per heavy atom. The van der Waals surface area contributed by atoms with Gasteiger partial charge in [0, 0.05) is 11.8 Å². The standard InChI is InChI=1S/C11H14O5S/c1-4-7-9(17(3,14)15)6-5-8(11(12)13)10(7)16-2/h5-6H,4H2,1-3H3,(H,12,13). The highest BCUT2D eigenvalue weighted by atomic mass is 32.2. The summed E-state index contributed by atoms with van der Waals surface area (Å²) in [6, 6.07) is 2.55. The molecule has 0 atom stereocenters. The molecule has 0 aromatic heterocycles. The van der Waals surface area contributed by atoms with Crippen LogP contribution in [0.4, 0.5) is 0 Å². The summed E-state index contributed by atoms with van der Waals surface area (Å²) >= 11 is 0. The zero-order valence-electron chi connectivity index (χ0n) is 9.85. The van der Waals surface area contributed by atoms with Crippen LogP contribution in [0.1, 0.15) is 22.8 Å². The third-order valence-electron chi connectivity index (χ3n) is 2.41. The smallest absolute Gasteiger partial charge is 0.339 e. The molecule has 0 aliphatic carbocycles. The maximum Gasteiger partial charge on any atom is 0.339 e. The number of sulfone groups is 1.